The zero-order valence-corrected chi connectivity index (χ0v) is 17.3. The monoisotopic (exact) mass is 393 g/mol. The maximum atomic E-state index is 12.6. The third kappa shape index (κ3) is 5.15. The first-order valence-electron chi connectivity index (χ1n) is 10.8. The number of amides is 1. The number of piperidine rings is 1. The lowest BCUT2D eigenvalue weighted by Crippen LogP contribution is -2.43. The number of nitrogens with zero attached hydrogens (tertiary/aromatic N) is 3. The molecule has 0 aliphatic carbocycles. The van der Waals surface area contributed by atoms with E-state index in [-0.39, 0.29) is 0 Å². The van der Waals surface area contributed by atoms with Crippen LogP contribution in [0.5, 0.6) is 5.75 Å². The van der Waals surface area contributed by atoms with Gasteiger partial charge in [-0.15, -0.1) is 0 Å². The molecule has 0 N–H and O–H groups in total. The van der Waals surface area contributed by atoms with Crippen molar-refractivity contribution in [2.75, 3.05) is 39.8 Å². The van der Waals surface area contributed by atoms with Crippen LogP contribution in [0.3, 0.4) is 0 Å². The van der Waals surface area contributed by atoms with Gasteiger partial charge in [0.15, 0.2) is 0 Å². The second kappa shape index (κ2) is 9.40. The highest BCUT2D eigenvalue weighted by molar-refractivity contribution is 5.78. The molecule has 1 aromatic carbocycles. The summed E-state index contributed by atoms with van der Waals surface area (Å²) in [5.41, 5.74) is 3.46. The Morgan fingerprint density at radius 3 is 2.59 bits per heavy atom. The fourth-order valence-corrected chi connectivity index (χ4v) is 4.47. The van der Waals surface area contributed by atoms with Crippen LogP contribution >= 0.6 is 0 Å². The van der Waals surface area contributed by atoms with Crippen LogP contribution in [0.4, 0.5) is 0 Å². The molecule has 154 valence electrons. The lowest BCUT2D eigenvalue weighted by atomic mass is 9.92. The molecule has 2 aliphatic rings. The molecular weight excluding hydrogens is 362 g/mol. The maximum Gasteiger partial charge on any atom is 0.236 e. The summed E-state index contributed by atoms with van der Waals surface area (Å²) in [6.07, 6.45) is 5.27. The van der Waals surface area contributed by atoms with E-state index in [0.717, 1.165) is 62.6 Å². The topological polar surface area (TPSA) is 45.7 Å². The Morgan fingerprint density at radius 2 is 1.83 bits per heavy atom. The second-order valence-electron chi connectivity index (χ2n) is 8.22. The number of aromatic nitrogens is 1. The van der Waals surface area contributed by atoms with E-state index < -0.39 is 0 Å². The highest BCUT2D eigenvalue weighted by Crippen LogP contribution is 2.27. The van der Waals surface area contributed by atoms with Gasteiger partial charge in [0, 0.05) is 36.8 Å². The van der Waals surface area contributed by atoms with Crippen molar-refractivity contribution in [2.24, 2.45) is 0 Å². The molecule has 4 rings (SSSR count). The van der Waals surface area contributed by atoms with Crippen LogP contribution in [0.1, 0.15) is 48.6 Å². The molecule has 5 nitrogen and oxygen atoms in total. The Kier molecular flexibility index (Phi) is 6.45. The van der Waals surface area contributed by atoms with Crippen molar-refractivity contribution in [2.45, 2.75) is 38.0 Å². The number of benzene rings is 1. The molecule has 0 bridgehead atoms. The van der Waals surface area contributed by atoms with Gasteiger partial charge in [0.05, 0.1) is 13.7 Å². The zero-order valence-electron chi connectivity index (χ0n) is 17.3. The molecule has 2 aliphatic heterocycles. The number of likely N-dealkylation sites (tertiary alicyclic amines) is 2. The highest BCUT2D eigenvalue weighted by atomic mass is 16.5. The molecule has 0 unspecified atom stereocenters. The molecule has 3 heterocycles. The quantitative estimate of drug-likeness (QED) is 0.754. The van der Waals surface area contributed by atoms with Gasteiger partial charge in [-0.05, 0) is 68.6 Å². The molecule has 2 fully saturated rings. The first-order chi connectivity index (χ1) is 14.2. The predicted octanol–water partition coefficient (Wildman–Crippen LogP) is 3.48. The van der Waals surface area contributed by atoms with Crippen LogP contribution in [-0.2, 0) is 11.2 Å². The van der Waals surface area contributed by atoms with E-state index in [0.29, 0.717) is 18.4 Å². The summed E-state index contributed by atoms with van der Waals surface area (Å²) in [5, 5.41) is 0. The Balaban J connectivity index is 1.33. The third-order valence-electron chi connectivity index (χ3n) is 6.17. The van der Waals surface area contributed by atoms with Crippen molar-refractivity contribution < 1.29 is 9.53 Å². The smallest absolute Gasteiger partial charge is 0.236 e. The molecule has 1 amide bonds. The molecule has 2 saturated heterocycles. The van der Waals surface area contributed by atoms with Crippen molar-refractivity contribution in [3.8, 4) is 5.75 Å². The summed E-state index contributed by atoms with van der Waals surface area (Å²) in [4.78, 5) is 21.9. The van der Waals surface area contributed by atoms with Crippen molar-refractivity contribution in [1.29, 1.82) is 0 Å². The van der Waals surface area contributed by atoms with Crippen LogP contribution in [0.2, 0.25) is 0 Å². The molecule has 0 spiro atoms. The van der Waals surface area contributed by atoms with E-state index in [9.17, 15) is 4.79 Å². The van der Waals surface area contributed by atoms with E-state index in [1.54, 1.807) is 7.11 Å². The number of rotatable bonds is 6. The fraction of sp³-hybridized carbons (Fsp3) is 0.500. The van der Waals surface area contributed by atoms with Gasteiger partial charge >= 0.3 is 0 Å². The standard InChI is InChI=1S/C24H31N3O2/c1-29-22-8-4-6-19(17-22)16-21-7-5-9-23(25-21)20-10-14-27(15-11-20)24(28)18-26-12-2-3-13-26/h4-9,17,20H,2-3,10-16,18H2,1H3. The average Bonchev–Trinajstić information content (AvgIpc) is 3.27. The number of ether oxygens (including phenoxy) is 1. The molecule has 0 radical (unpaired) electrons. The number of hydrogen-bond donors (Lipinski definition) is 0. The van der Waals surface area contributed by atoms with E-state index in [1.165, 1.54) is 18.4 Å². The zero-order chi connectivity index (χ0) is 20.1. The summed E-state index contributed by atoms with van der Waals surface area (Å²) in [7, 11) is 1.69. The van der Waals surface area contributed by atoms with Gasteiger partial charge in [0.25, 0.3) is 0 Å². The molecule has 1 aromatic heterocycles. The van der Waals surface area contributed by atoms with Crippen LogP contribution in [-0.4, -0.2) is 60.5 Å². The lowest BCUT2D eigenvalue weighted by Gasteiger charge is -2.33. The molecule has 2 aromatic rings. The van der Waals surface area contributed by atoms with Gasteiger partial charge in [0.1, 0.15) is 5.75 Å². The van der Waals surface area contributed by atoms with Gasteiger partial charge in [-0.1, -0.05) is 18.2 Å². The first kappa shape index (κ1) is 19.9. The number of hydrogen-bond acceptors (Lipinski definition) is 4. The van der Waals surface area contributed by atoms with Crippen LogP contribution in [0, 0.1) is 0 Å². The number of pyridine rings is 1. The van der Waals surface area contributed by atoms with Gasteiger partial charge in [-0.25, -0.2) is 0 Å². The van der Waals surface area contributed by atoms with Crippen molar-refractivity contribution in [3.63, 3.8) is 0 Å². The Morgan fingerprint density at radius 1 is 1.07 bits per heavy atom. The van der Waals surface area contributed by atoms with Crippen LogP contribution < -0.4 is 4.74 Å². The Labute approximate surface area is 173 Å². The van der Waals surface area contributed by atoms with Crippen molar-refractivity contribution in [1.82, 2.24) is 14.8 Å². The molecular formula is C24H31N3O2. The summed E-state index contributed by atoms with van der Waals surface area (Å²) in [6, 6.07) is 14.5. The van der Waals surface area contributed by atoms with Crippen LogP contribution in [0.25, 0.3) is 0 Å². The minimum Gasteiger partial charge on any atom is -0.497 e. The van der Waals surface area contributed by atoms with E-state index in [1.807, 2.05) is 12.1 Å². The molecule has 29 heavy (non-hydrogen) atoms. The summed E-state index contributed by atoms with van der Waals surface area (Å²) < 4.78 is 5.33. The molecule has 0 atom stereocenters. The van der Waals surface area contributed by atoms with E-state index >= 15 is 0 Å². The van der Waals surface area contributed by atoms with Gasteiger partial charge < -0.3 is 9.64 Å². The summed E-state index contributed by atoms with van der Waals surface area (Å²) >= 11 is 0. The first-order valence-corrected chi connectivity index (χ1v) is 10.8. The van der Waals surface area contributed by atoms with E-state index in [4.69, 9.17) is 9.72 Å². The fourth-order valence-electron chi connectivity index (χ4n) is 4.47. The lowest BCUT2D eigenvalue weighted by molar-refractivity contribution is -0.133. The average molecular weight is 394 g/mol. The Bertz CT molecular complexity index is 824. The number of carbonyl (C=O) groups is 1. The maximum absolute atomic E-state index is 12.6. The van der Waals surface area contributed by atoms with Gasteiger partial charge in [-0.2, -0.15) is 0 Å². The largest absolute Gasteiger partial charge is 0.497 e. The van der Waals surface area contributed by atoms with Crippen LogP contribution in [0.15, 0.2) is 42.5 Å². The summed E-state index contributed by atoms with van der Waals surface area (Å²) in [5.74, 6) is 1.62. The third-order valence-corrected chi connectivity index (χ3v) is 6.17. The SMILES string of the molecule is COc1cccc(Cc2cccc(C3CCN(C(=O)CN4CCCC4)CC3)n2)c1. The van der Waals surface area contributed by atoms with E-state index in [2.05, 4.69) is 40.1 Å². The minimum absolute atomic E-state index is 0.296. The number of methoxy groups -OCH3 is 1. The molecule has 0 saturated carbocycles. The normalized spacial score (nSPS) is 18.2. The Hall–Kier alpha value is -2.40. The minimum atomic E-state index is 0.296. The van der Waals surface area contributed by atoms with Crippen molar-refractivity contribution >= 4 is 5.91 Å². The second-order valence-corrected chi connectivity index (χ2v) is 8.22. The molecule has 5 heteroatoms. The highest BCUT2D eigenvalue weighted by Gasteiger charge is 2.26. The van der Waals surface area contributed by atoms with Crippen molar-refractivity contribution in [3.05, 3.63) is 59.4 Å². The predicted molar refractivity (Wildman–Crippen MR) is 114 cm³/mol. The summed E-state index contributed by atoms with van der Waals surface area (Å²) in [6.45, 7) is 4.44. The number of carbonyl (C=O) groups excluding carboxylic acids is 1. The van der Waals surface area contributed by atoms with Gasteiger partial charge in [-0.3, -0.25) is 14.7 Å². The van der Waals surface area contributed by atoms with Gasteiger partial charge in [0.2, 0.25) is 5.91 Å².